The summed E-state index contributed by atoms with van der Waals surface area (Å²) in [6.07, 6.45) is 0. The normalized spacial score (nSPS) is 8.75. The average Bonchev–Trinajstić information content (AvgIpc) is 2.08. The van der Waals surface area contributed by atoms with E-state index in [2.05, 4.69) is 4.74 Å². The maximum absolute atomic E-state index is 11.5. The Labute approximate surface area is 71.0 Å². The van der Waals surface area contributed by atoms with Crippen molar-refractivity contribution in [3.8, 4) is 5.75 Å². The molecule has 0 fully saturated rings. The van der Waals surface area contributed by atoms with E-state index in [4.69, 9.17) is 0 Å². The van der Waals surface area contributed by atoms with Gasteiger partial charge in [-0.3, -0.25) is 0 Å². The van der Waals surface area contributed by atoms with Gasteiger partial charge in [-0.25, -0.2) is 0 Å². The third kappa shape index (κ3) is 4.66. The van der Waals surface area contributed by atoms with Crippen LogP contribution < -0.4 is 4.74 Å². The summed E-state index contributed by atoms with van der Waals surface area (Å²) < 4.78 is 27.1. The molecule has 12 heavy (non-hydrogen) atoms. The van der Waals surface area contributed by atoms with Crippen LogP contribution in [0.2, 0.25) is 0 Å². The van der Waals surface area contributed by atoms with Gasteiger partial charge < -0.3 is 4.74 Å². The van der Waals surface area contributed by atoms with Gasteiger partial charge in [-0.05, 0) is 12.1 Å². The van der Waals surface area contributed by atoms with Crippen molar-refractivity contribution < 1.29 is 13.5 Å². The topological polar surface area (TPSA) is 9.23 Å². The van der Waals surface area contributed by atoms with Gasteiger partial charge in [-0.2, -0.15) is 8.78 Å². The van der Waals surface area contributed by atoms with Crippen LogP contribution in [0, 0.1) is 0 Å². The van der Waals surface area contributed by atoms with E-state index in [9.17, 15) is 8.78 Å². The molecule has 68 valence electrons. The van der Waals surface area contributed by atoms with Gasteiger partial charge in [-0.15, -0.1) is 0 Å². The van der Waals surface area contributed by atoms with E-state index in [0.717, 1.165) is 0 Å². The second kappa shape index (κ2) is 6.58. The van der Waals surface area contributed by atoms with E-state index >= 15 is 0 Å². The molecular weight excluding hydrogens is 162 g/mol. The first-order valence-electron chi connectivity index (χ1n) is 3.79. The number of hydrogen-bond donors (Lipinski definition) is 0. The molecule has 1 aromatic carbocycles. The van der Waals surface area contributed by atoms with Gasteiger partial charge in [0, 0.05) is 0 Å². The summed E-state index contributed by atoms with van der Waals surface area (Å²) in [6.45, 7) is 1.27. The summed E-state index contributed by atoms with van der Waals surface area (Å²) in [5.41, 5.74) is 0. The first kappa shape index (κ1) is 10.9. The van der Waals surface area contributed by atoms with Crippen molar-refractivity contribution in [3.63, 3.8) is 0 Å². The van der Waals surface area contributed by atoms with Gasteiger partial charge in [0.1, 0.15) is 5.75 Å². The van der Waals surface area contributed by atoms with Crippen molar-refractivity contribution in [3.05, 3.63) is 30.3 Å². The van der Waals surface area contributed by atoms with Crippen LogP contribution in [-0.4, -0.2) is 6.61 Å². The number of benzene rings is 1. The highest BCUT2D eigenvalue weighted by atomic mass is 19.3. The number of para-hydroxylation sites is 1. The van der Waals surface area contributed by atoms with Crippen molar-refractivity contribution in [1.82, 2.24) is 0 Å². The number of ether oxygens (including phenoxy) is 1. The second-order valence-corrected chi connectivity index (χ2v) is 1.69. The third-order valence-electron chi connectivity index (χ3n) is 0.968. The first-order chi connectivity index (χ1) is 5.79. The Morgan fingerprint density at radius 2 is 1.58 bits per heavy atom. The molecule has 0 amide bonds. The number of rotatable bonds is 2. The molecule has 0 aliphatic rings. The predicted octanol–water partition coefficient (Wildman–Crippen LogP) is 3.31. The van der Waals surface area contributed by atoms with Crippen LogP contribution in [0.25, 0.3) is 0 Å². The summed E-state index contributed by atoms with van der Waals surface area (Å²) in [7, 11) is 0. The lowest BCUT2D eigenvalue weighted by Crippen LogP contribution is -2.00. The fourth-order valence-electron chi connectivity index (χ4n) is 0.602. The Morgan fingerprint density at radius 1 is 1.08 bits per heavy atom. The molecule has 0 saturated heterocycles. The molecule has 0 N–H and O–H groups in total. The standard InChI is InChI=1S/C7H6F2O.C2H6/c8-7(9)10-6-4-2-1-3-5-6;1-2/h1-5,7H;1-2H3. The van der Waals surface area contributed by atoms with Gasteiger partial charge >= 0.3 is 6.61 Å². The minimum Gasteiger partial charge on any atom is -0.435 e. The molecule has 0 aliphatic heterocycles. The maximum Gasteiger partial charge on any atom is 0.387 e. The molecule has 0 spiro atoms. The van der Waals surface area contributed by atoms with Crippen LogP contribution in [0.5, 0.6) is 5.75 Å². The molecule has 0 heterocycles. The molecule has 0 unspecified atom stereocenters. The highest BCUT2D eigenvalue weighted by Crippen LogP contribution is 2.11. The SMILES string of the molecule is CC.FC(F)Oc1ccccc1. The van der Waals surface area contributed by atoms with Crippen molar-refractivity contribution >= 4 is 0 Å². The Morgan fingerprint density at radius 3 is 2.00 bits per heavy atom. The summed E-state index contributed by atoms with van der Waals surface area (Å²) in [5.74, 6) is 0.192. The van der Waals surface area contributed by atoms with E-state index in [1.807, 2.05) is 13.8 Å². The van der Waals surface area contributed by atoms with Crippen molar-refractivity contribution in [2.45, 2.75) is 20.5 Å². The minimum absolute atomic E-state index is 0.192. The number of alkyl halides is 2. The zero-order chi connectivity index (χ0) is 9.40. The van der Waals surface area contributed by atoms with Gasteiger partial charge in [0.25, 0.3) is 0 Å². The molecule has 1 rings (SSSR count). The number of halogens is 2. The molecule has 0 saturated carbocycles. The monoisotopic (exact) mass is 174 g/mol. The highest BCUT2D eigenvalue weighted by Gasteiger charge is 2.01. The molecular formula is C9H12F2O. The third-order valence-corrected chi connectivity index (χ3v) is 0.968. The van der Waals surface area contributed by atoms with Crippen LogP contribution in [-0.2, 0) is 0 Å². The quantitative estimate of drug-likeness (QED) is 0.668. The lowest BCUT2D eigenvalue weighted by molar-refractivity contribution is -0.0498. The Bertz CT molecular complexity index is 187. The predicted molar refractivity (Wildman–Crippen MR) is 44.4 cm³/mol. The minimum atomic E-state index is -2.73. The summed E-state index contributed by atoms with van der Waals surface area (Å²) in [4.78, 5) is 0. The second-order valence-electron chi connectivity index (χ2n) is 1.69. The Balaban J connectivity index is 0.000000561. The molecule has 1 aromatic rings. The largest absolute Gasteiger partial charge is 0.435 e. The van der Waals surface area contributed by atoms with Crippen molar-refractivity contribution in [2.75, 3.05) is 0 Å². The molecule has 1 nitrogen and oxygen atoms in total. The van der Waals surface area contributed by atoms with Crippen LogP contribution in [0.1, 0.15) is 13.8 Å². The van der Waals surface area contributed by atoms with Crippen molar-refractivity contribution in [2.24, 2.45) is 0 Å². The van der Waals surface area contributed by atoms with Crippen LogP contribution in [0.15, 0.2) is 30.3 Å². The van der Waals surface area contributed by atoms with E-state index in [-0.39, 0.29) is 5.75 Å². The first-order valence-corrected chi connectivity index (χ1v) is 3.79. The molecule has 3 heteroatoms. The molecule has 0 radical (unpaired) electrons. The van der Waals surface area contributed by atoms with Gasteiger partial charge in [-0.1, -0.05) is 32.0 Å². The van der Waals surface area contributed by atoms with Gasteiger partial charge in [0.05, 0.1) is 0 Å². The molecule has 0 bridgehead atoms. The zero-order valence-corrected chi connectivity index (χ0v) is 7.13. The van der Waals surface area contributed by atoms with Crippen molar-refractivity contribution in [1.29, 1.82) is 0 Å². The summed E-state index contributed by atoms with van der Waals surface area (Å²) >= 11 is 0. The fraction of sp³-hybridized carbons (Fsp3) is 0.333. The van der Waals surface area contributed by atoms with E-state index in [0.29, 0.717) is 0 Å². The van der Waals surface area contributed by atoms with Gasteiger partial charge in [0.15, 0.2) is 0 Å². The maximum atomic E-state index is 11.5. The Hall–Kier alpha value is -1.12. The van der Waals surface area contributed by atoms with Crippen LogP contribution >= 0.6 is 0 Å². The van der Waals surface area contributed by atoms with E-state index in [1.54, 1.807) is 18.2 Å². The Kier molecular flexibility index (Phi) is 5.97. The van der Waals surface area contributed by atoms with Crippen LogP contribution in [0.4, 0.5) is 8.78 Å². The molecule has 0 aliphatic carbocycles. The summed E-state index contributed by atoms with van der Waals surface area (Å²) in [6, 6.07) is 7.96. The average molecular weight is 174 g/mol. The smallest absolute Gasteiger partial charge is 0.387 e. The molecule has 0 aromatic heterocycles. The number of hydrogen-bond acceptors (Lipinski definition) is 1. The van der Waals surface area contributed by atoms with E-state index in [1.165, 1.54) is 12.1 Å². The summed E-state index contributed by atoms with van der Waals surface area (Å²) in [5, 5.41) is 0. The van der Waals surface area contributed by atoms with Gasteiger partial charge in [0.2, 0.25) is 0 Å². The zero-order valence-electron chi connectivity index (χ0n) is 7.13. The highest BCUT2D eigenvalue weighted by molar-refractivity contribution is 5.20. The van der Waals surface area contributed by atoms with E-state index < -0.39 is 6.61 Å². The lowest BCUT2D eigenvalue weighted by Gasteiger charge is -2.01. The lowest BCUT2D eigenvalue weighted by atomic mass is 10.3. The van der Waals surface area contributed by atoms with Crippen LogP contribution in [0.3, 0.4) is 0 Å². The molecule has 0 atom stereocenters. The fourth-order valence-corrected chi connectivity index (χ4v) is 0.602.